The van der Waals surface area contributed by atoms with E-state index in [1.165, 1.54) is 4.90 Å². The molecular weight excluding hydrogens is 344 g/mol. The van der Waals surface area contributed by atoms with Crippen molar-refractivity contribution >= 4 is 17.7 Å². The van der Waals surface area contributed by atoms with Gasteiger partial charge in [0, 0.05) is 24.8 Å². The second kappa shape index (κ2) is 7.43. The van der Waals surface area contributed by atoms with E-state index in [0.717, 1.165) is 45.1 Å². The maximum atomic E-state index is 13.0. The summed E-state index contributed by atoms with van der Waals surface area (Å²) in [6.07, 6.45) is 5.87. The van der Waals surface area contributed by atoms with Gasteiger partial charge in [-0.25, -0.2) is 0 Å². The second-order valence-electron chi connectivity index (χ2n) is 7.67. The fraction of sp³-hybridized carbons (Fsp3) is 0.571. The van der Waals surface area contributed by atoms with Gasteiger partial charge in [0.25, 0.3) is 17.7 Å². The zero-order valence-electron chi connectivity index (χ0n) is 15.8. The molecule has 2 saturated heterocycles. The van der Waals surface area contributed by atoms with Crippen LogP contribution in [0.3, 0.4) is 0 Å². The summed E-state index contributed by atoms with van der Waals surface area (Å²) in [6, 6.07) is 5.18. The molecule has 3 heterocycles. The van der Waals surface area contributed by atoms with Crippen LogP contribution >= 0.6 is 0 Å². The van der Waals surface area contributed by atoms with E-state index >= 15 is 0 Å². The van der Waals surface area contributed by atoms with E-state index in [1.807, 2.05) is 4.90 Å². The zero-order valence-corrected chi connectivity index (χ0v) is 15.8. The number of benzene rings is 1. The van der Waals surface area contributed by atoms with Crippen LogP contribution < -0.4 is 0 Å². The summed E-state index contributed by atoms with van der Waals surface area (Å²) < 4.78 is 5.57. The molecule has 0 saturated carbocycles. The van der Waals surface area contributed by atoms with Crippen molar-refractivity contribution in [1.82, 2.24) is 9.80 Å². The molecule has 3 aliphatic heterocycles. The van der Waals surface area contributed by atoms with Crippen LogP contribution in [0.2, 0.25) is 0 Å². The number of piperidine rings is 1. The number of hydrogen-bond donors (Lipinski definition) is 0. The Morgan fingerprint density at radius 3 is 2.67 bits per heavy atom. The standard InChI is InChI=1S/C21H26N2O4/c1-2-15-6-3-4-10-22(15)19(24)14-8-9-17-18(12-14)21(26)23(20(17)25)13-16-7-5-11-27-16/h8-9,12,15-16H,2-7,10-11,13H2,1H3. The smallest absolute Gasteiger partial charge is 0.261 e. The number of ether oxygens (including phenoxy) is 1. The minimum Gasteiger partial charge on any atom is -0.376 e. The summed E-state index contributed by atoms with van der Waals surface area (Å²) in [5.74, 6) is -0.637. The van der Waals surface area contributed by atoms with Gasteiger partial charge in [-0.2, -0.15) is 0 Å². The van der Waals surface area contributed by atoms with Crippen molar-refractivity contribution in [2.75, 3.05) is 19.7 Å². The van der Waals surface area contributed by atoms with Crippen LogP contribution in [0, 0.1) is 0 Å². The van der Waals surface area contributed by atoms with Gasteiger partial charge in [0.1, 0.15) is 0 Å². The first-order chi connectivity index (χ1) is 13.1. The van der Waals surface area contributed by atoms with Crippen LogP contribution in [0.5, 0.6) is 0 Å². The topological polar surface area (TPSA) is 66.9 Å². The van der Waals surface area contributed by atoms with E-state index in [0.29, 0.717) is 29.8 Å². The number of nitrogens with zero attached hydrogens (tertiary/aromatic N) is 2. The van der Waals surface area contributed by atoms with Crippen molar-refractivity contribution in [2.45, 2.75) is 57.6 Å². The zero-order chi connectivity index (χ0) is 19.0. The molecule has 0 radical (unpaired) electrons. The number of amides is 3. The van der Waals surface area contributed by atoms with E-state index in [1.54, 1.807) is 18.2 Å². The van der Waals surface area contributed by atoms with Gasteiger partial charge in [0.2, 0.25) is 0 Å². The Bertz CT molecular complexity index is 769. The first kappa shape index (κ1) is 18.2. The van der Waals surface area contributed by atoms with Gasteiger partial charge in [-0.3, -0.25) is 19.3 Å². The number of likely N-dealkylation sites (tertiary alicyclic amines) is 1. The molecule has 0 spiro atoms. The second-order valence-corrected chi connectivity index (χ2v) is 7.67. The largest absolute Gasteiger partial charge is 0.376 e. The summed E-state index contributed by atoms with van der Waals surface area (Å²) in [4.78, 5) is 41.6. The number of imide groups is 1. The maximum absolute atomic E-state index is 13.0. The lowest BCUT2D eigenvalue weighted by Gasteiger charge is -2.35. The number of hydrogen-bond acceptors (Lipinski definition) is 4. The monoisotopic (exact) mass is 370 g/mol. The summed E-state index contributed by atoms with van der Waals surface area (Å²) in [7, 11) is 0. The molecule has 0 aromatic heterocycles. The Kier molecular flexibility index (Phi) is 5.00. The summed E-state index contributed by atoms with van der Waals surface area (Å²) in [5, 5.41) is 0. The summed E-state index contributed by atoms with van der Waals surface area (Å²) in [5.41, 5.74) is 1.23. The van der Waals surface area contributed by atoms with Gasteiger partial charge in [0.15, 0.2) is 0 Å². The van der Waals surface area contributed by atoms with Gasteiger partial charge >= 0.3 is 0 Å². The Labute approximate surface area is 159 Å². The Hall–Kier alpha value is -2.21. The molecule has 6 heteroatoms. The normalized spacial score (nSPS) is 25.2. The number of carbonyl (C=O) groups is 3. The van der Waals surface area contributed by atoms with Crippen molar-refractivity contribution in [3.63, 3.8) is 0 Å². The van der Waals surface area contributed by atoms with Gasteiger partial charge in [-0.15, -0.1) is 0 Å². The highest BCUT2D eigenvalue weighted by molar-refractivity contribution is 6.22. The van der Waals surface area contributed by atoms with Crippen LogP contribution in [0.4, 0.5) is 0 Å². The fourth-order valence-electron chi connectivity index (χ4n) is 4.44. The average Bonchev–Trinajstić information content (AvgIpc) is 3.30. The molecule has 3 amide bonds. The van der Waals surface area contributed by atoms with Crippen LogP contribution in [-0.2, 0) is 4.74 Å². The highest BCUT2D eigenvalue weighted by Gasteiger charge is 2.38. The van der Waals surface area contributed by atoms with E-state index in [2.05, 4.69) is 6.92 Å². The molecule has 1 aromatic rings. The van der Waals surface area contributed by atoms with Gasteiger partial charge < -0.3 is 9.64 Å². The molecule has 3 aliphatic rings. The number of carbonyl (C=O) groups excluding carboxylic acids is 3. The molecule has 27 heavy (non-hydrogen) atoms. The Balaban J connectivity index is 1.56. The SMILES string of the molecule is CCC1CCCCN1C(=O)c1ccc2c(c1)C(=O)N(CC1CCCO1)C2=O. The van der Waals surface area contributed by atoms with Crippen molar-refractivity contribution in [2.24, 2.45) is 0 Å². The molecule has 144 valence electrons. The predicted octanol–water partition coefficient (Wildman–Crippen LogP) is 2.87. The predicted molar refractivity (Wildman–Crippen MR) is 99.7 cm³/mol. The van der Waals surface area contributed by atoms with E-state index in [4.69, 9.17) is 4.74 Å². The van der Waals surface area contributed by atoms with Crippen LogP contribution in [-0.4, -0.2) is 59.4 Å². The quantitative estimate of drug-likeness (QED) is 0.765. The van der Waals surface area contributed by atoms with E-state index < -0.39 is 0 Å². The molecule has 0 aliphatic carbocycles. The van der Waals surface area contributed by atoms with E-state index in [-0.39, 0.29) is 29.9 Å². The van der Waals surface area contributed by atoms with Gasteiger partial charge in [0.05, 0.1) is 23.8 Å². The molecule has 2 atom stereocenters. The first-order valence-electron chi connectivity index (χ1n) is 10.0. The molecule has 0 N–H and O–H groups in total. The van der Waals surface area contributed by atoms with Gasteiger partial charge in [-0.05, 0) is 56.7 Å². The van der Waals surface area contributed by atoms with Crippen molar-refractivity contribution < 1.29 is 19.1 Å². The first-order valence-corrected chi connectivity index (χ1v) is 10.0. The van der Waals surface area contributed by atoms with Crippen molar-refractivity contribution in [3.8, 4) is 0 Å². The van der Waals surface area contributed by atoms with Gasteiger partial charge in [-0.1, -0.05) is 6.92 Å². The Morgan fingerprint density at radius 1 is 1.11 bits per heavy atom. The lowest BCUT2D eigenvalue weighted by atomic mass is 9.98. The molecule has 0 bridgehead atoms. The molecule has 6 nitrogen and oxygen atoms in total. The van der Waals surface area contributed by atoms with Crippen molar-refractivity contribution in [3.05, 3.63) is 34.9 Å². The lowest BCUT2D eigenvalue weighted by molar-refractivity contribution is 0.0475. The molecular formula is C21H26N2O4. The molecule has 2 unspecified atom stereocenters. The third-order valence-corrected chi connectivity index (χ3v) is 5.99. The highest BCUT2D eigenvalue weighted by atomic mass is 16.5. The molecule has 4 rings (SSSR count). The van der Waals surface area contributed by atoms with Crippen LogP contribution in [0.15, 0.2) is 18.2 Å². The van der Waals surface area contributed by atoms with Crippen LogP contribution in [0.25, 0.3) is 0 Å². The summed E-state index contributed by atoms with van der Waals surface area (Å²) in [6.45, 7) is 3.83. The summed E-state index contributed by atoms with van der Waals surface area (Å²) >= 11 is 0. The lowest BCUT2D eigenvalue weighted by Crippen LogP contribution is -2.43. The minimum absolute atomic E-state index is 0.0397. The highest BCUT2D eigenvalue weighted by Crippen LogP contribution is 2.28. The average molecular weight is 370 g/mol. The fourth-order valence-corrected chi connectivity index (χ4v) is 4.44. The number of rotatable bonds is 4. The molecule has 1 aromatic carbocycles. The third-order valence-electron chi connectivity index (χ3n) is 5.99. The third kappa shape index (κ3) is 3.27. The Morgan fingerprint density at radius 2 is 1.93 bits per heavy atom. The van der Waals surface area contributed by atoms with E-state index in [9.17, 15) is 14.4 Å². The van der Waals surface area contributed by atoms with Crippen LogP contribution in [0.1, 0.15) is 76.5 Å². The van der Waals surface area contributed by atoms with Crippen molar-refractivity contribution in [1.29, 1.82) is 0 Å². The number of fused-ring (bicyclic) bond motifs is 1. The minimum atomic E-state index is -0.314. The molecule has 2 fully saturated rings. The maximum Gasteiger partial charge on any atom is 0.261 e.